The Balaban J connectivity index is 0.00000149. The fraction of sp³-hybridized carbons (Fsp3) is 0.360. The Morgan fingerprint density at radius 3 is 2.33 bits per heavy atom. The second-order valence-electron chi connectivity index (χ2n) is 7.81. The molecule has 4 rings (SSSR count). The van der Waals surface area contributed by atoms with Gasteiger partial charge in [-0.3, -0.25) is 9.59 Å². The average molecular weight is 473 g/mol. The number of carbonyl (C=O) groups excluding carboxylic acids is 1. The highest BCUT2D eigenvalue weighted by Crippen LogP contribution is 2.35. The number of methoxy groups -OCH3 is 1. The third-order valence-corrected chi connectivity index (χ3v) is 6.35. The summed E-state index contributed by atoms with van der Waals surface area (Å²) >= 11 is 6.43. The van der Waals surface area contributed by atoms with Crippen molar-refractivity contribution in [3.8, 4) is 5.75 Å². The van der Waals surface area contributed by atoms with Crippen molar-refractivity contribution in [3.05, 3.63) is 64.3 Å². The zero-order valence-corrected chi connectivity index (χ0v) is 20.2. The summed E-state index contributed by atoms with van der Waals surface area (Å²) in [7, 11) is 3.36. The van der Waals surface area contributed by atoms with Crippen LogP contribution in [0, 0.1) is 0 Å². The van der Waals surface area contributed by atoms with Gasteiger partial charge in [0, 0.05) is 12.4 Å². The second kappa shape index (κ2) is 9.85. The highest BCUT2D eigenvalue weighted by atomic mass is 35.5. The molecule has 0 saturated carbocycles. The van der Waals surface area contributed by atoms with Crippen LogP contribution in [0.15, 0.2) is 42.5 Å². The summed E-state index contributed by atoms with van der Waals surface area (Å²) in [4.78, 5) is 24.4. The number of aromatic nitrogens is 1. The van der Waals surface area contributed by atoms with Crippen LogP contribution in [-0.4, -0.2) is 41.9 Å². The van der Waals surface area contributed by atoms with Gasteiger partial charge in [-0.05, 0) is 36.2 Å². The fourth-order valence-corrected chi connectivity index (χ4v) is 4.15. The van der Waals surface area contributed by atoms with E-state index in [4.69, 9.17) is 21.1 Å². The van der Waals surface area contributed by atoms with Gasteiger partial charge < -0.3 is 24.5 Å². The zero-order valence-electron chi connectivity index (χ0n) is 19.4. The van der Waals surface area contributed by atoms with Crippen molar-refractivity contribution >= 4 is 34.4 Å². The Labute approximate surface area is 198 Å². The molecule has 2 aromatic carbocycles. The van der Waals surface area contributed by atoms with E-state index in [2.05, 4.69) is 5.32 Å². The minimum Gasteiger partial charge on any atom is -0.495 e. The number of nitrogens with zero attached hydrogens (tertiary/aromatic N) is 1. The molecule has 1 saturated heterocycles. The van der Waals surface area contributed by atoms with Crippen LogP contribution >= 0.6 is 11.6 Å². The van der Waals surface area contributed by atoms with Crippen molar-refractivity contribution in [1.82, 2.24) is 9.88 Å². The summed E-state index contributed by atoms with van der Waals surface area (Å²) in [6, 6.07) is 12.6. The van der Waals surface area contributed by atoms with Gasteiger partial charge in [0.05, 0.1) is 36.8 Å². The van der Waals surface area contributed by atoms with Gasteiger partial charge >= 0.3 is 5.97 Å². The minimum atomic E-state index is -0.881. The van der Waals surface area contributed by atoms with Crippen LogP contribution in [0.3, 0.4) is 0 Å². The number of aryl methyl sites for hydroxylation is 1. The molecular formula is C25H29ClN2O5. The molecule has 1 aliphatic heterocycles. The smallest absolute Gasteiger partial charge is 0.310 e. The Hall–Kier alpha value is -3.03. The number of aliphatic carboxylic acids is 1. The van der Waals surface area contributed by atoms with E-state index in [1.807, 2.05) is 39.1 Å². The van der Waals surface area contributed by atoms with Gasteiger partial charge in [0.25, 0.3) is 5.91 Å². The largest absolute Gasteiger partial charge is 0.495 e. The van der Waals surface area contributed by atoms with Crippen molar-refractivity contribution in [1.29, 1.82) is 0 Å². The molecule has 3 aromatic rings. The molecule has 1 aliphatic rings. The molecule has 176 valence electrons. The molecule has 0 aliphatic carbocycles. The molecule has 0 spiro atoms. The van der Waals surface area contributed by atoms with Gasteiger partial charge in [0.1, 0.15) is 17.0 Å². The maximum Gasteiger partial charge on any atom is 0.310 e. The molecule has 1 unspecified atom stereocenters. The number of rotatable bonds is 6. The van der Waals surface area contributed by atoms with Crippen molar-refractivity contribution in [2.45, 2.75) is 32.2 Å². The predicted octanol–water partition coefficient (Wildman–Crippen LogP) is 4.71. The normalized spacial score (nSPS) is 15.1. The predicted molar refractivity (Wildman–Crippen MR) is 128 cm³/mol. The number of ether oxygens (including phenoxy) is 2. The number of amides is 1. The van der Waals surface area contributed by atoms with E-state index in [-0.39, 0.29) is 5.91 Å². The molecule has 8 heteroatoms. The Morgan fingerprint density at radius 1 is 1.18 bits per heavy atom. The zero-order chi connectivity index (χ0) is 24.3. The molecule has 1 fully saturated rings. The Bertz CT molecular complexity index is 1170. The number of nitrogens with one attached hydrogen (secondary N) is 1. The standard InChI is InChI=1S/C23H23ClN2O5.C2H6/c1-13(22(28)29)14-4-6-15(7-5-14)23(11-31-12-23)25-21(27)18-10-16-17(26(18)2)8-9-19(30-3)20(16)24;1-2/h4-10,13H,11-12H2,1-3H3,(H,25,27)(H,28,29);1-2H3. The number of fused-ring (bicyclic) bond motifs is 1. The summed E-state index contributed by atoms with van der Waals surface area (Å²) in [6.45, 7) is 6.32. The molecule has 2 heterocycles. The molecule has 0 bridgehead atoms. The SMILES string of the molecule is CC.COc1ccc2c(cc(C(=O)NC3(c4ccc(C(C)C(=O)O)cc4)COC3)n2C)c1Cl. The summed E-state index contributed by atoms with van der Waals surface area (Å²) in [5, 5.41) is 13.5. The van der Waals surface area contributed by atoms with Crippen molar-refractivity contribution in [2.24, 2.45) is 7.05 Å². The van der Waals surface area contributed by atoms with Gasteiger partial charge in [0.2, 0.25) is 0 Å². The van der Waals surface area contributed by atoms with Gasteiger partial charge in [-0.25, -0.2) is 0 Å². The quantitative estimate of drug-likeness (QED) is 0.542. The monoisotopic (exact) mass is 472 g/mol. The molecule has 7 nitrogen and oxygen atoms in total. The van der Waals surface area contributed by atoms with E-state index < -0.39 is 17.4 Å². The number of benzene rings is 2. The van der Waals surface area contributed by atoms with E-state index in [1.165, 1.54) is 0 Å². The summed E-state index contributed by atoms with van der Waals surface area (Å²) in [5.41, 5.74) is 2.19. The Kier molecular flexibility index (Phi) is 7.34. The first-order chi connectivity index (χ1) is 15.8. The van der Waals surface area contributed by atoms with Crippen LogP contribution in [0.2, 0.25) is 5.02 Å². The molecule has 0 radical (unpaired) electrons. The van der Waals surface area contributed by atoms with Crippen LogP contribution in [0.25, 0.3) is 10.9 Å². The molecular weight excluding hydrogens is 444 g/mol. The average Bonchev–Trinajstić information content (AvgIpc) is 3.15. The topological polar surface area (TPSA) is 89.8 Å². The number of carboxylic acids is 1. The van der Waals surface area contributed by atoms with Gasteiger partial charge in [-0.15, -0.1) is 0 Å². The second-order valence-corrected chi connectivity index (χ2v) is 8.19. The Morgan fingerprint density at radius 2 is 1.82 bits per heavy atom. The third-order valence-electron chi connectivity index (χ3n) is 5.96. The minimum absolute atomic E-state index is 0.250. The molecule has 1 aromatic heterocycles. The molecule has 33 heavy (non-hydrogen) atoms. The van der Waals surface area contributed by atoms with Crippen LogP contribution in [0.4, 0.5) is 0 Å². The lowest BCUT2D eigenvalue weighted by Crippen LogP contribution is -2.59. The van der Waals surface area contributed by atoms with E-state index in [9.17, 15) is 14.7 Å². The van der Waals surface area contributed by atoms with Crippen LogP contribution in [-0.2, 0) is 22.1 Å². The maximum absolute atomic E-state index is 13.2. The number of hydrogen-bond acceptors (Lipinski definition) is 4. The van der Waals surface area contributed by atoms with Crippen molar-refractivity contribution in [3.63, 3.8) is 0 Å². The lowest BCUT2D eigenvalue weighted by Gasteiger charge is -2.42. The summed E-state index contributed by atoms with van der Waals surface area (Å²) in [5.74, 6) is -1.19. The fourth-order valence-electron chi connectivity index (χ4n) is 3.86. The van der Waals surface area contributed by atoms with E-state index in [0.29, 0.717) is 35.2 Å². The highest BCUT2D eigenvalue weighted by molar-refractivity contribution is 6.37. The van der Waals surface area contributed by atoms with E-state index in [1.54, 1.807) is 42.9 Å². The summed E-state index contributed by atoms with van der Waals surface area (Å²) in [6.07, 6.45) is 0. The number of carboxylic acid groups (broad SMARTS) is 1. The van der Waals surface area contributed by atoms with Gasteiger partial charge in [-0.1, -0.05) is 49.7 Å². The lowest BCUT2D eigenvalue weighted by molar-refractivity contribution is -0.138. The number of halogens is 1. The van der Waals surface area contributed by atoms with Gasteiger partial charge in [-0.2, -0.15) is 0 Å². The van der Waals surface area contributed by atoms with Crippen LogP contribution < -0.4 is 10.1 Å². The molecule has 2 N–H and O–H groups in total. The van der Waals surface area contributed by atoms with Crippen molar-refractivity contribution in [2.75, 3.05) is 20.3 Å². The maximum atomic E-state index is 13.2. The first-order valence-electron chi connectivity index (χ1n) is 10.8. The molecule has 1 atom stereocenters. The van der Waals surface area contributed by atoms with Gasteiger partial charge in [0.15, 0.2) is 0 Å². The van der Waals surface area contributed by atoms with Crippen LogP contribution in [0.5, 0.6) is 5.75 Å². The third kappa shape index (κ3) is 4.43. The number of carbonyl (C=O) groups is 2. The highest BCUT2D eigenvalue weighted by Gasteiger charge is 2.42. The molecule has 1 amide bonds. The number of hydrogen-bond donors (Lipinski definition) is 2. The van der Waals surface area contributed by atoms with E-state index in [0.717, 1.165) is 16.5 Å². The summed E-state index contributed by atoms with van der Waals surface area (Å²) < 4.78 is 12.5. The first-order valence-corrected chi connectivity index (χ1v) is 11.2. The van der Waals surface area contributed by atoms with Crippen LogP contribution in [0.1, 0.15) is 48.3 Å². The van der Waals surface area contributed by atoms with E-state index >= 15 is 0 Å². The first kappa shape index (κ1) is 24.6. The van der Waals surface area contributed by atoms with Crippen molar-refractivity contribution < 1.29 is 24.2 Å². The lowest BCUT2D eigenvalue weighted by atomic mass is 9.86.